The molecule has 20 heavy (non-hydrogen) atoms. The minimum absolute atomic E-state index is 0.191. The van der Waals surface area contributed by atoms with E-state index in [-0.39, 0.29) is 4.90 Å². The number of nitrogen functional groups attached to an aromatic ring is 1. The van der Waals surface area contributed by atoms with E-state index >= 15 is 0 Å². The molecule has 8 heteroatoms. The van der Waals surface area contributed by atoms with Gasteiger partial charge < -0.3 is 5.73 Å². The molecule has 0 fully saturated rings. The second-order valence-corrected chi connectivity index (χ2v) is 8.99. The summed E-state index contributed by atoms with van der Waals surface area (Å²) in [4.78, 5) is 1.16. The van der Waals surface area contributed by atoms with Crippen LogP contribution in [0.15, 0.2) is 43.5 Å². The van der Waals surface area contributed by atoms with Gasteiger partial charge in [0.05, 0.1) is 4.90 Å². The Bertz CT molecular complexity index is 729. The van der Waals surface area contributed by atoms with Crippen molar-refractivity contribution in [3.8, 4) is 0 Å². The average molecular weight is 440 g/mol. The van der Waals surface area contributed by atoms with Crippen molar-refractivity contribution in [2.24, 2.45) is 0 Å². The highest BCUT2D eigenvalue weighted by molar-refractivity contribution is 9.10. The fourth-order valence-electron chi connectivity index (χ4n) is 1.60. The van der Waals surface area contributed by atoms with Gasteiger partial charge in [-0.1, -0.05) is 0 Å². The quantitative estimate of drug-likeness (QED) is 0.739. The first-order valence-corrected chi connectivity index (χ1v) is 9.45. The van der Waals surface area contributed by atoms with Crippen LogP contribution in [0, 0.1) is 0 Å². The molecule has 0 bridgehead atoms. The monoisotopic (exact) mass is 438 g/mol. The smallest absolute Gasteiger partial charge is 0.243 e. The van der Waals surface area contributed by atoms with Crippen LogP contribution in [-0.4, -0.2) is 19.8 Å². The Morgan fingerprint density at radius 1 is 1.30 bits per heavy atom. The molecule has 0 atom stereocenters. The van der Waals surface area contributed by atoms with Crippen LogP contribution < -0.4 is 5.73 Å². The summed E-state index contributed by atoms with van der Waals surface area (Å²) in [5, 5.41) is 1.92. The highest BCUT2D eigenvalue weighted by Crippen LogP contribution is 2.26. The predicted molar refractivity (Wildman–Crippen MR) is 89.2 cm³/mol. The molecular formula is C12H12Br2N2O2S2. The van der Waals surface area contributed by atoms with Crippen LogP contribution in [0.4, 0.5) is 5.69 Å². The second-order valence-electron chi connectivity index (χ2n) is 4.18. The molecule has 0 spiro atoms. The Hall–Kier alpha value is -0.410. The number of benzene rings is 1. The first-order valence-electron chi connectivity index (χ1n) is 5.55. The van der Waals surface area contributed by atoms with Gasteiger partial charge in [-0.3, -0.25) is 0 Å². The first-order chi connectivity index (χ1) is 9.30. The van der Waals surface area contributed by atoms with Crippen molar-refractivity contribution in [1.82, 2.24) is 4.31 Å². The average Bonchev–Trinajstić information content (AvgIpc) is 2.78. The number of hydrogen-bond acceptors (Lipinski definition) is 4. The molecule has 0 saturated carbocycles. The SMILES string of the molecule is CN(Cc1cc(Br)cs1)S(=O)(=O)c1ccc(Br)c(N)c1. The molecule has 0 aliphatic rings. The van der Waals surface area contributed by atoms with Gasteiger partial charge in [0.25, 0.3) is 0 Å². The Kier molecular flexibility index (Phi) is 4.91. The Morgan fingerprint density at radius 3 is 2.55 bits per heavy atom. The molecule has 0 aliphatic carbocycles. The van der Waals surface area contributed by atoms with Gasteiger partial charge in [-0.05, 0) is 56.1 Å². The molecule has 2 rings (SSSR count). The van der Waals surface area contributed by atoms with Crippen LogP contribution >= 0.6 is 43.2 Å². The van der Waals surface area contributed by atoms with E-state index in [9.17, 15) is 8.42 Å². The standard InChI is InChI=1S/C12H12Br2N2O2S2/c1-16(6-9-4-8(13)7-19-9)20(17,18)10-2-3-11(14)12(15)5-10/h2-5,7H,6,15H2,1H3. The van der Waals surface area contributed by atoms with Gasteiger partial charge in [0.1, 0.15) is 0 Å². The lowest BCUT2D eigenvalue weighted by molar-refractivity contribution is 0.469. The molecule has 1 aromatic carbocycles. The van der Waals surface area contributed by atoms with Gasteiger partial charge in [-0.25, -0.2) is 8.42 Å². The summed E-state index contributed by atoms with van der Waals surface area (Å²) in [6.07, 6.45) is 0. The summed E-state index contributed by atoms with van der Waals surface area (Å²) in [7, 11) is -1.99. The Balaban J connectivity index is 2.27. The van der Waals surface area contributed by atoms with Gasteiger partial charge in [0.2, 0.25) is 10.0 Å². The lowest BCUT2D eigenvalue weighted by atomic mass is 10.3. The summed E-state index contributed by atoms with van der Waals surface area (Å²) in [6.45, 7) is 0.328. The topological polar surface area (TPSA) is 63.4 Å². The van der Waals surface area contributed by atoms with Crippen LogP contribution in [-0.2, 0) is 16.6 Å². The number of rotatable bonds is 4. The molecule has 0 unspecified atom stereocenters. The fourth-order valence-corrected chi connectivity index (χ4v) is 4.62. The third kappa shape index (κ3) is 3.43. The van der Waals surface area contributed by atoms with Crippen LogP contribution in [0.3, 0.4) is 0 Å². The maximum absolute atomic E-state index is 12.5. The number of sulfonamides is 1. The number of thiophene rings is 1. The normalized spacial score (nSPS) is 12.0. The van der Waals surface area contributed by atoms with Gasteiger partial charge >= 0.3 is 0 Å². The van der Waals surface area contributed by atoms with Crippen molar-refractivity contribution in [3.63, 3.8) is 0 Å². The highest BCUT2D eigenvalue weighted by Gasteiger charge is 2.22. The minimum Gasteiger partial charge on any atom is -0.398 e. The second kappa shape index (κ2) is 6.15. The summed E-state index contributed by atoms with van der Waals surface area (Å²) in [5.41, 5.74) is 6.14. The molecular weight excluding hydrogens is 428 g/mol. The number of anilines is 1. The van der Waals surface area contributed by atoms with Crippen LogP contribution in [0.25, 0.3) is 0 Å². The Morgan fingerprint density at radius 2 is 2.00 bits per heavy atom. The van der Waals surface area contributed by atoms with Crippen molar-refractivity contribution in [2.45, 2.75) is 11.4 Å². The summed E-state index contributed by atoms with van der Waals surface area (Å²) < 4.78 is 27.9. The van der Waals surface area contributed by atoms with E-state index in [1.807, 2.05) is 11.4 Å². The van der Waals surface area contributed by atoms with Gasteiger partial charge in [0, 0.05) is 38.5 Å². The van der Waals surface area contributed by atoms with E-state index < -0.39 is 10.0 Å². The van der Waals surface area contributed by atoms with Gasteiger partial charge in [-0.15, -0.1) is 11.3 Å². The van der Waals surface area contributed by atoms with Crippen molar-refractivity contribution in [3.05, 3.63) is 43.5 Å². The largest absolute Gasteiger partial charge is 0.398 e. The summed E-state index contributed by atoms with van der Waals surface area (Å²) in [5.74, 6) is 0. The van der Waals surface area contributed by atoms with Crippen molar-refractivity contribution in [1.29, 1.82) is 0 Å². The zero-order valence-corrected chi connectivity index (χ0v) is 15.3. The highest BCUT2D eigenvalue weighted by atomic mass is 79.9. The maximum atomic E-state index is 12.5. The van der Waals surface area contributed by atoms with E-state index in [1.54, 1.807) is 13.1 Å². The van der Waals surface area contributed by atoms with E-state index in [1.165, 1.54) is 27.8 Å². The lowest BCUT2D eigenvalue weighted by Gasteiger charge is -2.16. The molecule has 0 radical (unpaired) electrons. The molecule has 108 valence electrons. The molecule has 0 amide bonds. The molecule has 2 N–H and O–H groups in total. The third-order valence-electron chi connectivity index (χ3n) is 2.68. The van der Waals surface area contributed by atoms with E-state index in [4.69, 9.17) is 5.73 Å². The molecule has 4 nitrogen and oxygen atoms in total. The van der Waals surface area contributed by atoms with Crippen molar-refractivity contribution >= 4 is 58.9 Å². The predicted octanol–water partition coefficient (Wildman–Crippen LogP) is 3.68. The lowest BCUT2D eigenvalue weighted by Crippen LogP contribution is -2.26. The van der Waals surface area contributed by atoms with Crippen LogP contribution in [0.5, 0.6) is 0 Å². The summed E-state index contributed by atoms with van der Waals surface area (Å²) >= 11 is 8.12. The number of nitrogens with two attached hydrogens (primary N) is 1. The number of nitrogens with zero attached hydrogens (tertiary/aromatic N) is 1. The molecule has 1 heterocycles. The van der Waals surface area contributed by atoms with Crippen molar-refractivity contribution < 1.29 is 8.42 Å². The van der Waals surface area contributed by atoms with Crippen LogP contribution in [0.1, 0.15) is 4.88 Å². The fraction of sp³-hybridized carbons (Fsp3) is 0.167. The Labute approximate surface area is 138 Å². The molecule has 0 saturated heterocycles. The third-order valence-corrected chi connectivity index (χ3v) is 6.88. The van der Waals surface area contributed by atoms with E-state index in [0.717, 1.165) is 9.35 Å². The number of halogens is 2. The van der Waals surface area contributed by atoms with E-state index in [0.29, 0.717) is 16.7 Å². The van der Waals surface area contributed by atoms with E-state index in [2.05, 4.69) is 31.9 Å². The minimum atomic E-state index is -3.54. The zero-order valence-electron chi connectivity index (χ0n) is 10.5. The van der Waals surface area contributed by atoms with Crippen molar-refractivity contribution in [2.75, 3.05) is 12.8 Å². The van der Waals surface area contributed by atoms with Crippen LogP contribution in [0.2, 0.25) is 0 Å². The van der Waals surface area contributed by atoms with Gasteiger partial charge in [0.15, 0.2) is 0 Å². The number of hydrogen-bond donors (Lipinski definition) is 1. The summed E-state index contributed by atoms with van der Waals surface area (Å²) in [6, 6.07) is 6.54. The first kappa shape index (κ1) is 16.0. The zero-order chi connectivity index (χ0) is 14.9. The molecule has 2 aromatic rings. The van der Waals surface area contributed by atoms with Gasteiger partial charge in [-0.2, -0.15) is 4.31 Å². The maximum Gasteiger partial charge on any atom is 0.243 e. The molecule has 0 aliphatic heterocycles. The molecule has 1 aromatic heterocycles.